The van der Waals surface area contributed by atoms with Crippen LogP contribution in [0.3, 0.4) is 0 Å². The number of carbonyl (C=O) groups excluding carboxylic acids is 2. The van der Waals surface area contributed by atoms with E-state index in [9.17, 15) is 9.59 Å². The van der Waals surface area contributed by atoms with Gasteiger partial charge in [0.25, 0.3) is 0 Å². The number of amides is 2. The fourth-order valence-corrected chi connectivity index (χ4v) is 3.40. The van der Waals surface area contributed by atoms with Crippen LogP contribution in [0.1, 0.15) is 42.9 Å². The van der Waals surface area contributed by atoms with E-state index in [0.717, 1.165) is 12.1 Å². The SMILES string of the molecule is Cc1ccc(C2C(C(=O)NCC3CCC3)CC(=O)N2C)cc1. The molecule has 2 amide bonds. The molecule has 1 saturated carbocycles. The molecule has 1 saturated heterocycles. The molecule has 1 aromatic carbocycles. The average molecular weight is 300 g/mol. The first kappa shape index (κ1) is 15.1. The van der Waals surface area contributed by atoms with Crippen LogP contribution >= 0.6 is 0 Å². The maximum atomic E-state index is 12.5. The third-order valence-corrected chi connectivity index (χ3v) is 5.13. The summed E-state index contributed by atoms with van der Waals surface area (Å²) in [6.45, 7) is 2.80. The van der Waals surface area contributed by atoms with Crippen LogP contribution in [0.15, 0.2) is 24.3 Å². The molecule has 4 nitrogen and oxygen atoms in total. The predicted octanol–water partition coefficient (Wildman–Crippen LogP) is 2.43. The lowest BCUT2D eigenvalue weighted by Crippen LogP contribution is -2.38. The number of nitrogens with one attached hydrogen (secondary N) is 1. The van der Waals surface area contributed by atoms with E-state index >= 15 is 0 Å². The van der Waals surface area contributed by atoms with Crippen molar-refractivity contribution in [3.63, 3.8) is 0 Å². The molecule has 0 bridgehead atoms. The minimum Gasteiger partial charge on any atom is -0.355 e. The molecule has 2 aliphatic rings. The smallest absolute Gasteiger partial charge is 0.226 e. The lowest BCUT2D eigenvalue weighted by Gasteiger charge is -2.28. The Hall–Kier alpha value is -1.84. The fourth-order valence-electron chi connectivity index (χ4n) is 3.40. The van der Waals surface area contributed by atoms with Crippen molar-refractivity contribution in [2.75, 3.05) is 13.6 Å². The Balaban J connectivity index is 1.73. The Morgan fingerprint density at radius 3 is 2.55 bits per heavy atom. The number of carbonyl (C=O) groups is 2. The number of hydrogen-bond donors (Lipinski definition) is 1. The number of nitrogens with zero attached hydrogens (tertiary/aromatic N) is 1. The minimum atomic E-state index is -0.278. The Bertz CT molecular complexity index is 563. The number of aryl methyl sites for hydroxylation is 1. The second kappa shape index (κ2) is 6.11. The topological polar surface area (TPSA) is 49.4 Å². The van der Waals surface area contributed by atoms with Gasteiger partial charge in [-0.3, -0.25) is 9.59 Å². The summed E-state index contributed by atoms with van der Waals surface area (Å²) < 4.78 is 0. The van der Waals surface area contributed by atoms with Gasteiger partial charge >= 0.3 is 0 Å². The van der Waals surface area contributed by atoms with E-state index in [0.29, 0.717) is 12.3 Å². The zero-order valence-corrected chi connectivity index (χ0v) is 13.3. The van der Waals surface area contributed by atoms with Gasteiger partial charge in [-0.05, 0) is 31.2 Å². The van der Waals surface area contributed by atoms with E-state index in [1.165, 1.54) is 24.8 Å². The highest BCUT2D eigenvalue weighted by atomic mass is 16.2. The van der Waals surface area contributed by atoms with Crippen molar-refractivity contribution in [2.45, 2.75) is 38.6 Å². The normalized spacial score (nSPS) is 25.2. The van der Waals surface area contributed by atoms with Gasteiger partial charge < -0.3 is 10.2 Å². The van der Waals surface area contributed by atoms with Crippen LogP contribution in [-0.2, 0) is 9.59 Å². The van der Waals surface area contributed by atoms with Crippen molar-refractivity contribution in [3.8, 4) is 0 Å². The lowest BCUT2D eigenvalue weighted by atomic mass is 9.85. The highest BCUT2D eigenvalue weighted by Gasteiger charge is 2.42. The van der Waals surface area contributed by atoms with E-state index in [2.05, 4.69) is 5.32 Å². The Morgan fingerprint density at radius 1 is 1.27 bits per heavy atom. The Kier molecular flexibility index (Phi) is 4.19. The maximum Gasteiger partial charge on any atom is 0.226 e. The highest BCUT2D eigenvalue weighted by molar-refractivity contribution is 5.90. The van der Waals surface area contributed by atoms with Crippen LogP contribution < -0.4 is 5.32 Å². The molecule has 0 aromatic heterocycles. The van der Waals surface area contributed by atoms with Crippen LogP contribution in [0.25, 0.3) is 0 Å². The molecule has 2 atom stereocenters. The van der Waals surface area contributed by atoms with Crippen molar-refractivity contribution >= 4 is 11.8 Å². The second-order valence-electron chi connectivity index (χ2n) is 6.71. The first-order chi connectivity index (χ1) is 10.6. The molecule has 118 valence electrons. The molecular formula is C18H24N2O2. The van der Waals surface area contributed by atoms with Crippen LogP contribution in [0.2, 0.25) is 0 Å². The van der Waals surface area contributed by atoms with Gasteiger partial charge in [-0.25, -0.2) is 0 Å². The zero-order chi connectivity index (χ0) is 15.7. The van der Waals surface area contributed by atoms with E-state index in [-0.39, 0.29) is 23.8 Å². The third kappa shape index (κ3) is 2.87. The van der Waals surface area contributed by atoms with Crippen molar-refractivity contribution < 1.29 is 9.59 Å². The molecule has 1 heterocycles. The predicted molar refractivity (Wildman–Crippen MR) is 85.1 cm³/mol. The van der Waals surface area contributed by atoms with Gasteiger partial charge in [0, 0.05) is 20.0 Å². The number of rotatable bonds is 4. The van der Waals surface area contributed by atoms with Gasteiger partial charge in [0.15, 0.2) is 0 Å². The van der Waals surface area contributed by atoms with Crippen molar-refractivity contribution in [3.05, 3.63) is 35.4 Å². The third-order valence-electron chi connectivity index (χ3n) is 5.13. The van der Waals surface area contributed by atoms with Gasteiger partial charge in [0.1, 0.15) is 0 Å². The first-order valence-corrected chi connectivity index (χ1v) is 8.16. The van der Waals surface area contributed by atoms with Gasteiger partial charge in [-0.1, -0.05) is 36.2 Å². The molecule has 0 radical (unpaired) electrons. The summed E-state index contributed by atoms with van der Waals surface area (Å²) in [5.41, 5.74) is 2.23. The Morgan fingerprint density at radius 2 is 1.95 bits per heavy atom. The Labute approximate surface area is 131 Å². The summed E-state index contributed by atoms with van der Waals surface area (Å²) in [7, 11) is 1.80. The van der Waals surface area contributed by atoms with Gasteiger partial charge in [-0.2, -0.15) is 0 Å². The number of hydrogen-bond acceptors (Lipinski definition) is 2. The average Bonchev–Trinajstić information content (AvgIpc) is 2.74. The van der Waals surface area contributed by atoms with Crippen LogP contribution in [-0.4, -0.2) is 30.3 Å². The summed E-state index contributed by atoms with van der Waals surface area (Å²) in [4.78, 5) is 26.4. The molecule has 2 unspecified atom stereocenters. The van der Waals surface area contributed by atoms with Crippen LogP contribution in [0.5, 0.6) is 0 Å². The largest absolute Gasteiger partial charge is 0.355 e. The number of benzene rings is 1. The summed E-state index contributed by atoms with van der Waals surface area (Å²) >= 11 is 0. The van der Waals surface area contributed by atoms with Crippen LogP contribution in [0.4, 0.5) is 0 Å². The van der Waals surface area contributed by atoms with Gasteiger partial charge in [0.05, 0.1) is 12.0 Å². The fraction of sp³-hybridized carbons (Fsp3) is 0.556. The summed E-state index contributed by atoms with van der Waals surface area (Å²) in [6, 6.07) is 7.99. The standard InChI is InChI=1S/C18H24N2O2/c1-12-6-8-14(9-7-12)17-15(10-16(21)20(17)2)18(22)19-11-13-4-3-5-13/h6-9,13,15,17H,3-5,10-11H2,1-2H3,(H,19,22). The quantitative estimate of drug-likeness (QED) is 0.928. The monoisotopic (exact) mass is 300 g/mol. The molecule has 22 heavy (non-hydrogen) atoms. The summed E-state index contributed by atoms with van der Waals surface area (Å²) in [5, 5.41) is 3.06. The van der Waals surface area contributed by atoms with Crippen molar-refractivity contribution in [1.82, 2.24) is 10.2 Å². The van der Waals surface area contributed by atoms with E-state index in [1.807, 2.05) is 31.2 Å². The minimum absolute atomic E-state index is 0.0233. The second-order valence-corrected chi connectivity index (χ2v) is 6.71. The lowest BCUT2D eigenvalue weighted by molar-refractivity contribution is -0.128. The van der Waals surface area contributed by atoms with Crippen LogP contribution in [0, 0.1) is 18.8 Å². The maximum absolute atomic E-state index is 12.5. The molecule has 1 aromatic rings. The number of likely N-dealkylation sites (tertiary alicyclic amines) is 1. The highest BCUT2D eigenvalue weighted by Crippen LogP contribution is 2.37. The summed E-state index contributed by atoms with van der Waals surface area (Å²) in [5.74, 6) is 0.432. The molecule has 4 heteroatoms. The molecule has 1 N–H and O–H groups in total. The molecule has 1 aliphatic carbocycles. The molecular weight excluding hydrogens is 276 g/mol. The molecule has 0 spiro atoms. The van der Waals surface area contributed by atoms with E-state index < -0.39 is 0 Å². The molecule has 2 fully saturated rings. The first-order valence-electron chi connectivity index (χ1n) is 8.16. The zero-order valence-electron chi connectivity index (χ0n) is 13.3. The molecule has 3 rings (SSSR count). The van der Waals surface area contributed by atoms with Gasteiger partial charge in [0.2, 0.25) is 11.8 Å². The van der Waals surface area contributed by atoms with Crippen molar-refractivity contribution in [1.29, 1.82) is 0 Å². The van der Waals surface area contributed by atoms with E-state index in [1.54, 1.807) is 11.9 Å². The molecule has 1 aliphatic heterocycles. The van der Waals surface area contributed by atoms with Gasteiger partial charge in [-0.15, -0.1) is 0 Å². The summed E-state index contributed by atoms with van der Waals surface area (Å²) in [6.07, 6.45) is 4.01. The van der Waals surface area contributed by atoms with E-state index in [4.69, 9.17) is 0 Å². The van der Waals surface area contributed by atoms with Crippen molar-refractivity contribution in [2.24, 2.45) is 11.8 Å².